The molecule has 2 aromatic rings. The zero-order valence-corrected chi connectivity index (χ0v) is 18.4. The maximum absolute atomic E-state index is 13.6. The summed E-state index contributed by atoms with van der Waals surface area (Å²) in [6, 6.07) is 5.47. The van der Waals surface area contributed by atoms with Gasteiger partial charge in [-0.3, -0.25) is 19.1 Å². The van der Waals surface area contributed by atoms with Crippen LogP contribution in [0.1, 0.15) is 58.9 Å². The lowest BCUT2D eigenvalue weighted by molar-refractivity contribution is 0.102. The fourth-order valence-corrected chi connectivity index (χ4v) is 4.48. The van der Waals surface area contributed by atoms with Gasteiger partial charge in [0.25, 0.3) is 5.56 Å². The Labute approximate surface area is 181 Å². The summed E-state index contributed by atoms with van der Waals surface area (Å²) in [6.07, 6.45) is 2.38. The molecule has 0 saturated heterocycles. The molecule has 7 heteroatoms. The van der Waals surface area contributed by atoms with Gasteiger partial charge < -0.3 is 10.2 Å². The molecule has 1 aliphatic rings. The Hall–Kier alpha value is -2.77. The average molecular weight is 427 g/mol. The van der Waals surface area contributed by atoms with Crippen molar-refractivity contribution >= 4 is 5.78 Å². The van der Waals surface area contributed by atoms with Crippen LogP contribution in [-0.2, 0) is 6.54 Å². The van der Waals surface area contributed by atoms with Crippen LogP contribution in [0.25, 0.3) is 0 Å². The lowest BCUT2D eigenvalue weighted by Gasteiger charge is -2.18. The number of hydrogen-bond acceptors (Lipinski definition) is 5. The van der Waals surface area contributed by atoms with Gasteiger partial charge in [0, 0.05) is 36.8 Å². The molecule has 1 aliphatic carbocycles. The van der Waals surface area contributed by atoms with E-state index >= 15 is 0 Å². The molecule has 2 unspecified atom stereocenters. The van der Waals surface area contributed by atoms with Crippen LogP contribution in [-0.4, -0.2) is 38.8 Å². The summed E-state index contributed by atoms with van der Waals surface area (Å²) < 4.78 is 1.33. The zero-order valence-electron chi connectivity index (χ0n) is 18.4. The van der Waals surface area contributed by atoms with Crippen molar-refractivity contribution in [3.05, 3.63) is 78.6 Å². The highest BCUT2D eigenvalue weighted by atomic mass is 16.3. The number of aromatic amines is 1. The van der Waals surface area contributed by atoms with Gasteiger partial charge in [-0.05, 0) is 44.2 Å². The van der Waals surface area contributed by atoms with Crippen molar-refractivity contribution in [2.75, 3.05) is 13.2 Å². The maximum Gasteiger partial charge on any atom is 0.329 e. The highest BCUT2D eigenvalue weighted by Crippen LogP contribution is 2.31. The van der Waals surface area contributed by atoms with Crippen molar-refractivity contribution in [1.82, 2.24) is 9.55 Å². The molecule has 0 saturated carbocycles. The fourth-order valence-electron chi connectivity index (χ4n) is 4.48. The third-order valence-electron chi connectivity index (χ3n) is 5.90. The Morgan fingerprint density at radius 3 is 2.29 bits per heavy atom. The first kappa shape index (κ1) is 22.9. The standard InChI is InChI=1S/C24H30N2O5/c1-13(2)20-21(22(29)17-6-14(3)5-15(4)7-17)26(24(31)25-23(20)30)10-16-8-18(11-27)19(9-16)12-28/h5-8,13,18-19,27-28H,9-12H2,1-4H3,(H,25,30,31). The minimum atomic E-state index is -0.643. The lowest BCUT2D eigenvalue weighted by atomic mass is 9.95. The monoisotopic (exact) mass is 426 g/mol. The van der Waals surface area contributed by atoms with Crippen molar-refractivity contribution in [2.24, 2.45) is 11.8 Å². The summed E-state index contributed by atoms with van der Waals surface area (Å²) >= 11 is 0. The lowest BCUT2D eigenvalue weighted by Crippen LogP contribution is -2.38. The van der Waals surface area contributed by atoms with E-state index in [1.54, 1.807) is 12.1 Å². The highest BCUT2D eigenvalue weighted by molar-refractivity contribution is 6.09. The second kappa shape index (κ2) is 9.16. The van der Waals surface area contributed by atoms with Crippen LogP contribution in [0.4, 0.5) is 0 Å². The molecule has 7 nitrogen and oxygen atoms in total. The summed E-state index contributed by atoms with van der Waals surface area (Å²) in [5.74, 6) is -0.952. The summed E-state index contributed by atoms with van der Waals surface area (Å²) in [6.45, 7) is 7.37. The SMILES string of the molecule is Cc1cc(C)cc(C(=O)c2c(C(C)C)c(=O)[nH]c(=O)n2CC2=CC(CO)C(CO)C2)c1. The number of aryl methyl sites for hydroxylation is 2. The first-order chi connectivity index (χ1) is 14.7. The van der Waals surface area contributed by atoms with E-state index < -0.39 is 11.2 Å². The van der Waals surface area contributed by atoms with E-state index in [0.29, 0.717) is 12.0 Å². The molecule has 2 atom stereocenters. The Bertz CT molecular complexity index is 1120. The van der Waals surface area contributed by atoms with E-state index in [-0.39, 0.29) is 54.6 Å². The summed E-state index contributed by atoms with van der Waals surface area (Å²) in [7, 11) is 0. The van der Waals surface area contributed by atoms with Crippen LogP contribution in [0.15, 0.2) is 39.4 Å². The minimum absolute atomic E-state index is 0.0721. The third-order valence-corrected chi connectivity index (χ3v) is 5.90. The van der Waals surface area contributed by atoms with Gasteiger partial charge in [-0.2, -0.15) is 0 Å². The molecular formula is C24H30N2O5. The second-order valence-electron chi connectivity index (χ2n) is 8.79. The molecular weight excluding hydrogens is 396 g/mol. The summed E-state index contributed by atoms with van der Waals surface area (Å²) in [4.78, 5) is 41.4. The van der Waals surface area contributed by atoms with Crippen molar-refractivity contribution in [2.45, 2.75) is 46.6 Å². The number of aromatic nitrogens is 2. The van der Waals surface area contributed by atoms with Crippen LogP contribution >= 0.6 is 0 Å². The minimum Gasteiger partial charge on any atom is -0.396 e. The molecule has 3 rings (SSSR count). The van der Waals surface area contributed by atoms with E-state index in [0.717, 1.165) is 16.7 Å². The number of carbonyl (C=O) groups is 1. The molecule has 166 valence electrons. The number of aliphatic hydroxyl groups excluding tert-OH is 2. The quantitative estimate of drug-likeness (QED) is 0.463. The van der Waals surface area contributed by atoms with Crippen molar-refractivity contribution in [3.63, 3.8) is 0 Å². The molecule has 0 bridgehead atoms. The number of aliphatic hydroxyl groups is 2. The van der Waals surface area contributed by atoms with Crippen molar-refractivity contribution < 1.29 is 15.0 Å². The molecule has 31 heavy (non-hydrogen) atoms. The van der Waals surface area contributed by atoms with E-state index in [1.165, 1.54) is 4.57 Å². The van der Waals surface area contributed by atoms with Crippen LogP contribution < -0.4 is 11.2 Å². The molecule has 0 spiro atoms. The maximum atomic E-state index is 13.6. The van der Waals surface area contributed by atoms with E-state index in [4.69, 9.17) is 0 Å². The first-order valence-corrected chi connectivity index (χ1v) is 10.6. The number of ketones is 1. The van der Waals surface area contributed by atoms with Gasteiger partial charge >= 0.3 is 5.69 Å². The zero-order chi connectivity index (χ0) is 22.9. The number of allylic oxidation sites excluding steroid dienone is 1. The van der Waals surface area contributed by atoms with Crippen LogP contribution in [0, 0.1) is 25.7 Å². The third kappa shape index (κ3) is 4.62. The Morgan fingerprint density at radius 2 is 1.77 bits per heavy atom. The molecule has 1 aromatic carbocycles. The Balaban J connectivity index is 2.18. The Morgan fingerprint density at radius 1 is 1.13 bits per heavy atom. The number of nitrogens with zero attached hydrogens (tertiary/aromatic N) is 1. The second-order valence-corrected chi connectivity index (χ2v) is 8.79. The van der Waals surface area contributed by atoms with Gasteiger partial charge in [0.2, 0.25) is 5.78 Å². The van der Waals surface area contributed by atoms with Crippen molar-refractivity contribution in [1.29, 1.82) is 0 Å². The summed E-state index contributed by atoms with van der Waals surface area (Å²) in [5, 5.41) is 19.2. The number of benzene rings is 1. The largest absolute Gasteiger partial charge is 0.396 e. The topological polar surface area (TPSA) is 112 Å². The smallest absolute Gasteiger partial charge is 0.329 e. The van der Waals surface area contributed by atoms with Crippen LogP contribution in [0.5, 0.6) is 0 Å². The van der Waals surface area contributed by atoms with Gasteiger partial charge in [0.05, 0.1) is 0 Å². The van der Waals surface area contributed by atoms with E-state index in [1.807, 2.05) is 39.8 Å². The number of rotatable bonds is 7. The van der Waals surface area contributed by atoms with Gasteiger partial charge in [-0.1, -0.05) is 42.7 Å². The molecule has 0 aliphatic heterocycles. The molecule has 0 fully saturated rings. The van der Waals surface area contributed by atoms with Gasteiger partial charge in [-0.15, -0.1) is 0 Å². The molecule has 1 heterocycles. The van der Waals surface area contributed by atoms with Crippen LogP contribution in [0.3, 0.4) is 0 Å². The summed E-state index contributed by atoms with van der Waals surface area (Å²) in [5.41, 5.74) is 2.30. The number of nitrogens with one attached hydrogen (secondary N) is 1. The average Bonchev–Trinajstić information content (AvgIpc) is 3.10. The number of hydrogen-bond donors (Lipinski definition) is 3. The van der Waals surface area contributed by atoms with Gasteiger partial charge in [-0.25, -0.2) is 4.79 Å². The van der Waals surface area contributed by atoms with Crippen molar-refractivity contribution in [3.8, 4) is 0 Å². The van der Waals surface area contributed by atoms with E-state index in [9.17, 15) is 24.6 Å². The molecule has 1 aromatic heterocycles. The predicted octanol–water partition coefficient (Wildman–Crippen LogP) is 2.05. The van der Waals surface area contributed by atoms with E-state index in [2.05, 4.69) is 4.98 Å². The van der Waals surface area contributed by atoms with Crippen LogP contribution in [0.2, 0.25) is 0 Å². The Kier molecular flexibility index (Phi) is 6.77. The predicted molar refractivity (Wildman–Crippen MR) is 119 cm³/mol. The number of carbonyl (C=O) groups excluding carboxylic acids is 1. The number of H-pyrrole nitrogens is 1. The molecule has 0 amide bonds. The first-order valence-electron chi connectivity index (χ1n) is 10.6. The fraction of sp³-hybridized carbons (Fsp3) is 0.458. The highest BCUT2D eigenvalue weighted by Gasteiger charge is 2.29. The van der Waals surface area contributed by atoms with Gasteiger partial charge in [0.1, 0.15) is 5.69 Å². The van der Waals surface area contributed by atoms with Gasteiger partial charge in [0.15, 0.2) is 0 Å². The molecule has 0 radical (unpaired) electrons. The molecule has 3 N–H and O–H groups in total. The normalized spacial score (nSPS) is 18.5.